The molecule has 0 saturated carbocycles. The highest BCUT2D eigenvalue weighted by Crippen LogP contribution is 2.01. The van der Waals surface area contributed by atoms with Gasteiger partial charge in [-0.2, -0.15) is 0 Å². The summed E-state index contributed by atoms with van der Waals surface area (Å²) in [6, 6.07) is 0. The summed E-state index contributed by atoms with van der Waals surface area (Å²) in [4.78, 5) is 9.87. The Kier molecular flexibility index (Phi) is 4.07. The molecule has 0 bridgehead atoms. The predicted octanol–water partition coefficient (Wildman–Crippen LogP) is -2.35. The second kappa shape index (κ2) is 5.20. The van der Waals surface area contributed by atoms with Gasteiger partial charge in [-0.25, -0.2) is 0 Å². The van der Waals surface area contributed by atoms with Crippen LogP contribution >= 0.6 is 0 Å². The number of carbonyl (C=O) groups is 1. The van der Waals surface area contributed by atoms with E-state index in [0.717, 1.165) is 0 Å². The highest BCUT2D eigenvalue weighted by molar-refractivity contribution is 5.50. The zero-order valence-corrected chi connectivity index (χ0v) is 5.84. The predicted molar refractivity (Wildman–Crippen MR) is 35.8 cm³/mol. The van der Waals surface area contributed by atoms with Crippen molar-refractivity contribution in [1.82, 2.24) is 0 Å². The number of aldehydes is 1. The van der Waals surface area contributed by atoms with E-state index in [1.54, 1.807) is 0 Å². The van der Waals surface area contributed by atoms with Crippen molar-refractivity contribution in [1.29, 1.82) is 0 Å². The maximum absolute atomic E-state index is 9.87. The maximum Gasteiger partial charge on any atom is 0.122 e. The molecule has 0 spiro atoms. The zero-order valence-electron chi connectivity index (χ0n) is 6.84. The number of aliphatic hydroxyl groups excluding tert-OH is 3. The third kappa shape index (κ3) is 3.43. The molecule has 0 rings (SSSR count). The Labute approximate surface area is 65.3 Å². The molecular formula is C6H12O5. The van der Waals surface area contributed by atoms with Crippen LogP contribution in [-0.2, 0) is 4.79 Å². The van der Waals surface area contributed by atoms with Crippen LogP contribution in [0.2, 0.25) is 0 Å². The van der Waals surface area contributed by atoms with Crippen LogP contribution < -0.4 is 0 Å². The summed E-state index contributed by atoms with van der Waals surface area (Å²) >= 11 is 0. The summed E-state index contributed by atoms with van der Waals surface area (Å²) in [6.07, 6.45) is -6.23. The van der Waals surface area contributed by atoms with Crippen molar-refractivity contribution in [2.24, 2.45) is 0 Å². The van der Waals surface area contributed by atoms with E-state index >= 15 is 0 Å². The van der Waals surface area contributed by atoms with Gasteiger partial charge in [0, 0.05) is 6.42 Å². The molecule has 0 fully saturated rings. The van der Waals surface area contributed by atoms with Crippen molar-refractivity contribution >= 4 is 6.29 Å². The highest BCUT2D eigenvalue weighted by Gasteiger charge is 2.23. The van der Waals surface area contributed by atoms with Gasteiger partial charge in [0.1, 0.15) is 18.5 Å². The fourth-order valence-electron chi connectivity index (χ4n) is 0.527. The molecule has 0 unspecified atom stereocenters. The van der Waals surface area contributed by atoms with Gasteiger partial charge in [-0.15, -0.1) is 0 Å². The molecule has 0 amide bonds. The average Bonchev–Trinajstić information content (AvgIpc) is 2.03. The van der Waals surface area contributed by atoms with Gasteiger partial charge in [0.15, 0.2) is 0 Å². The van der Waals surface area contributed by atoms with E-state index in [4.69, 9.17) is 21.8 Å². The van der Waals surface area contributed by atoms with E-state index in [2.05, 4.69) is 0 Å². The molecule has 3 atom stereocenters. The molecule has 66 valence electrons. The Bertz CT molecular complexity index is 149. The number of hydrogen-bond donors (Lipinski definition) is 4. The molecule has 5 nitrogen and oxygen atoms in total. The van der Waals surface area contributed by atoms with Crippen LogP contribution in [0.3, 0.4) is 0 Å². The largest absolute Gasteiger partial charge is 0.394 e. The normalized spacial score (nSPS) is 23.1. The summed E-state index contributed by atoms with van der Waals surface area (Å²) in [5, 5.41) is 35.1. The van der Waals surface area contributed by atoms with Crippen molar-refractivity contribution in [3.05, 3.63) is 0 Å². The number of rotatable bonds is 5. The van der Waals surface area contributed by atoms with Crippen LogP contribution in [0.15, 0.2) is 0 Å². The van der Waals surface area contributed by atoms with Gasteiger partial charge in [0.25, 0.3) is 0 Å². The molecule has 0 heterocycles. The maximum atomic E-state index is 9.87. The second-order valence-electron chi connectivity index (χ2n) is 2.04. The lowest BCUT2D eigenvalue weighted by Crippen LogP contribution is -2.39. The lowest BCUT2D eigenvalue weighted by molar-refractivity contribution is -0.115. The summed E-state index contributed by atoms with van der Waals surface area (Å²) in [5.74, 6) is 0. The Morgan fingerprint density at radius 1 is 1.36 bits per heavy atom. The smallest absolute Gasteiger partial charge is 0.122 e. The van der Waals surface area contributed by atoms with E-state index in [1.165, 1.54) is 0 Å². The summed E-state index contributed by atoms with van der Waals surface area (Å²) < 4.78 is 6.98. The first-order valence-corrected chi connectivity index (χ1v) is 3.09. The van der Waals surface area contributed by atoms with Crippen LogP contribution in [0.4, 0.5) is 0 Å². The topological polar surface area (TPSA) is 98.0 Å². The van der Waals surface area contributed by atoms with Crippen LogP contribution in [0.25, 0.3) is 0 Å². The number of hydrogen-bond acceptors (Lipinski definition) is 5. The standard InChI is InChI=1S/C6H12O5/c7-2-1-4(9)6(11)5(10)3-8/h2,4-6,8-11H,1,3H2/t4-,5-,6+/m1/s1/i6+1D. The van der Waals surface area contributed by atoms with E-state index in [0.29, 0.717) is 6.29 Å². The third-order valence-electron chi connectivity index (χ3n) is 1.18. The molecule has 11 heavy (non-hydrogen) atoms. The van der Waals surface area contributed by atoms with Crippen molar-refractivity contribution in [3.63, 3.8) is 0 Å². The fraction of sp³-hybridized carbons (Fsp3) is 0.833. The first kappa shape index (κ1) is 8.61. The van der Waals surface area contributed by atoms with Gasteiger partial charge in [0.2, 0.25) is 0 Å². The molecule has 0 aromatic rings. The summed E-state index contributed by atoms with van der Waals surface area (Å²) in [6.45, 7) is -0.851. The Morgan fingerprint density at radius 3 is 2.27 bits per heavy atom. The van der Waals surface area contributed by atoms with Crippen LogP contribution in [0.5, 0.6) is 0 Å². The molecule has 0 radical (unpaired) electrons. The Balaban J connectivity index is 4.25. The van der Waals surface area contributed by atoms with Gasteiger partial charge in [0.05, 0.1) is 14.1 Å². The van der Waals surface area contributed by atoms with Crippen molar-refractivity contribution in [2.75, 3.05) is 6.61 Å². The third-order valence-corrected chi connectivity index (χ3v) is 1.18. The van der Waals surface area contributed by atoms with Gasteiger partial charge in [-0.05, 0) is 0 Å². The molecular weight excluding hydrogens is 153 g/mol. The van der Waals surface area contributed by atoms with E-state index in [1.807, 2.05) is 0 Å². The molecule has 0 aliphatic carbocycles. The highest BCUT2D eigenvalue weighted by atomic mass is 16.4. The molecule has 5 heteroatoms. The number of aliphatic hydroxyl groups is 4. The van der Waals surface area contributed by atoms with E-state index in [9.17, 15) is 4.79 Å². The minimum atomic E-state index is -2.60. The first-order chi connectivity index (χ1) is 5.46. The number of carbonyl (C=O) groups excluding carboxylic acids is 1. The SMILES string of the molecule is [2H][13C@@](O)([C@H](O)CO)[C@H](O)CC=O. The molecule has 0 aromatic heterocycles. The molecule has 0 saturated heterocycles. The van der Waals surface area contributed by atoms with Crippen LogP contribution in [0, 0.1) is 0 Å². The van der Waals surface area contributed by atoms with Gasteiger partial charge in [-0.3, -0.25) is 0 Å². The fourth-order valence-corrected chi connectivity index (χ4v) is 0.527. The van der Waals surface area contributed by atoms with Gasteiger partial charge < -0.3 is 25.2 Å². The molecule has 0 aliphatic rings. The lowest BCUT2D eigenvalue weighted by atomic mass is 10.3. The average molecular weight is 166 g/mol. The molecule has 0 aliphatic heterocycles. The van der Waals surface area contributed by atoms with Gasteiger partial charge in [-0.1, -0.05) is 0 Å². The van der Waals surface area contributed by atoms with Crippen molar-refractivity contribution < 1.29 is 26.6 Å². The second-order valence-corrected chi connectivity index (χ2v) is 2.04. The van der Waals surface area contributed by atoms with Crippen LogP contribution in [-0.4, -0.2) is 51.6 Å². The summed E-state index contributed by atoms with van der Waals surface area (Å²) in [7, 11) is 0. The zero-order chi connectivity index (χ0) is 9.78. The molecule has 4 N–H and O–H groups in total. The minimum Gasteiger partial charge on any atom is -0.394 e. The van der Waals surface area contributed by atoms with E-state index in [-0.39, 0.29) is 0 Å². The van der Waals surface area contributed by atoms with Crippen molar-refractivity contribution in [3.8, 4) is 0 Å². The van der Waals surface area contributed by atoms with E-state index < -0.39 is 31.3 Å². The van der Waals surface area contributed by atoms with Crippen molar-refractivity contribution in [2.45, 2.75) is 24.7 Å². The minimum absolute atomic E-state index is 0.314. The Hall–Kier alpha value is -0.490. The summed E-state index contributed by atoms with van der Waals surface area (Å²) in [5.41, 5.74) is 0. The van der Waals surface area contributed by atoms with Crippen LogP contribution in [0.1, 0.15) is 7.79 Å². The van der Waals surface area contributed by atoms with Gasteiger partial charge >= 0.3 is 0 Å². The quantitative estimate of drug-likeness (QED) is 0.271. The Morgan fingerprint density at radius 2 is 1.91 bits per heavy atom. The molecule has 0 aromatic carbocycles. The lowest BCUT2D eigenvalue weighted by Gasteiger charge is -2.19. The monoisotopic (exact) mass is 166 g/mol. The first-order valence-electron chi connectivity index (χ1n) is 3.59.